The SMILES string of the molecule is CC(Nc1ccc2nc(C(C)(C)C)[nH]c2c1)c1nccs1. The molecular formula is C16H20N4S. The molecule has 0 spiro atoms. The van der Waals surface area contributed by atoms with Crippen molar-refractivity contribution in [1.29, 1.82) is 0 Å². The van der Waals surface area contributed by atoms with Gasteiger partial charge >= 0.3 is 0 Å². The Balaban J connectivity index is 1.87. The summed E-state index contributed by atoms with van der Waals surface area (Å²) >= 11 is 1.67. The standard InChI is InChI=1S/C16H20N4S/c1-10(14-17-7-8-21-14)18-11-5-6-12-13(9-11)20-15(19-12)16(2,3)4/h5-10,18H,1-4H3,(H,19,20). The monoisotopic (exact) mass is 300 g/mol. The van der Waals surface area contributed by atoms with Crippen LogP contribution < -0.4 is 5.32 Å². The van der Waals surface area contributed by atoms with E-state index >= 15 is 0 Å². The predicted molar refractivity (Wildman–Crippen MR) is 88.9 cm³/mol. The second kappa shape index (κ2) is 5.15. The average Bonchev–Trinajstić information content (AvgIpc) is 3.06. The van der Waals surface area contributed by atoms with Crippen molar-refractivity contribution in [3.8, 4) is 0 Å². The van der Waals surface area contributed by atoms with E-state index in [0.717, 1.165) is 27.6 Å². The molecule has 0 fully saturated rings. The van der Waals surface area contributed by atoms with Crippen LogP contribution in [0.4, 0.5) is 5.69 Å². The number of benzene rings is 1. The first-order valence-electron chi connectivity index (χ1n) is 7.09. The highest BCUT2D eigenvalue weighted by molar-refractivity contribution is 7.09. The Labute approximate surface area is 128 Å². The highest BCUT2D eigenvalue weighted by atomic mass is 32.1. The second-order valence-electron chi connectivity index (χ2n) is 6.30. The van der Waals surface area contributed by atoms with E-state index in [4.69, 9.17) is 0 Å². The lowest BCUT2D eigenvalue weighted by Gasteiger charge is -2.13. The van der Waals surface area contributed by atoms with Gasteiger partial charge in [0.2, 0.25) is 0 Å². The number of thiazole rings is 1. The lowest BCUT2D eigenvalue weighted by atomic mass is 9.96. The van der Waals surface area contributed by atoms with Gasteiger partial charge < -0.3 is 10.3 Å². The summed E-state index contributed by atoms with van der Waals surface area (Å²) in [5.74, 6) is 1.02. The molecular weight excluding hydrogens is 280 g/mol. The van der Waals surface area contributed by atoms with E-state index < -0.39 is 0 Å². The van der Waals surface area contributed by atoms with E-state index in [-0.39, 0.29) is 11.5 Å². The molecule has 1 atom stereocenters. The maximum Gasteiger partial charge on any atom is 0.115 e. The molecule has 0 saturated heterocycles. The number of fused-ring (bicyclic) bond motifs is 1. The molecule has 0 aliphatic carbocycles. The molecule has 5 heteroatoms. The van der Waals surface area contributed by atoms with Gasteiger partial charge in [-0.2, -0.15) is 0 Å². The summed E-state index contributed by atoms with van der Waals surface area (Å²) in [7, 11) is 0. The van der Waals surface area contributed by atoms with Crippen LogP contribution in [0.5, 0.6) is 0 Å². The fourth-order valence-electron chi connectivity index (χ4n) is 2.21. The van der Waals surface area contributed by atoms with E-state index in [1.54, 1.807) is 11.3 Å². The van der Waals surface area contributed by atoms with Crippen molar-refractivity contribution < 1.29 is 0 Å². The molecule has 2 aromatic heterocycles. The van der Waals surface area contributed by atoms with Crippen molar-refractivity contribution in [1.82, 2.24) is 15.0 Å². The van der Waals surface area contributed by atoms with Gasteiger partial charge in [-0.1, -0.05) is 20.8 Å². The zero-order valence-corrected chi connectivity index (χ0v) is 13.6. The van der Waals surface area contributed by atoms with Crippen molar-refractivity contribution in [2.75, 3.05) is 5.32 Å². The molecule has 21 heavy (non-hydrogen) atoms. The normalized spacial score (nSPS) is 13.5. The van der Waals surface area contributed by atoms with Crippen molar-refractivity contribution >= 4 is 28.1 Å². The van der Waals surface area contributed by atoms with E-state index in [2.05, 4.69) is 66.2 Å². The van der Waals surface area contributed by atoms with Gasteiger partial charge in [-0.15, -0.1) is 11.3 Å². The molecule has 2 heterocycles. The number of H-pyrrole nitrogens is 1. The minimum Gasteiger partial charge on any atom is -0.376 e. The van der Waals surface area contributed by atoms with Gasteiger partial charge in [-0.3, -0.25) is 0 Å². The highest BCUT2D eigenvalue weighted by Gasteiger charge is 2.18. The topological polar surface area (TPSA) is 53.6 Å². The highest BCUT2D eigenvalue weighted by Crippen LogP contribution is 2.26. The maximum atomic E-state index is 4.66. The first-order chi connectivity index (χ1) is 9.93. The molecule has 0 radical (unpaired) electrons. The molecule has 1 aromatic carbocycles. The molecule has 2 N–H and O–H groups in total. The first-order valence-corrected chi connectivity index (χ1v) is 7.97. The number of hydrogen-bond donors (Lipinski definition) is 2. The van der Waals surface area contributed by atoms with E-state index in [0.29, 0.717) is 0 Å². The molecule has 0 amide bonds. The minimum absolute atomic E-state index is 0.0286. The number of imidazole rings is 1. The molecule has 0 aliphatic rings. The second-order valence-corrected chi connectivity index (χ2v) is 7.23. The van der Waals surface area contributed by atoms with E-state index in [1.165, 1.54) is 0 Å². The van der Waals surface area contributed by atoms with Gasteiger partial charge in [0.05, 0.1) is 17.1 Å². The number of anilines is 1. The third-order valence-corrected chi connectivity index (χ3v) is 4.36. The Morgan fingerprint density at radius 1 is 1.29 bits per heavy atom. The van der Waals surface area contributed by atoms with Gasteiger partial charge in [-0.05, 0) is 25.1 Å². The summed E-state index contributed by atoms with van der Waals surface area (Å²) < 4.78 is 0. The van der Waals surface area contributed by atoms with E-state index in [9.17, 15) is 0 Å². The van der Waals surface area contributed by atoms with Gasteiger partial charge in [0.15, 0.2) is 0 Å². The number of rotatable bonds is 3. The molecule has 3 aromatic rings. The summed E-state index contributed by atoms with van der Waals surface area (Å²) in [5, 5.41) is 6.58. The fraction of sp³-hybridized carbons (Fsp3) is 0.375. The summed E-state index contributed by atoms with van der Waals surface area (Å²) in [6, 6.07) is 6.44. The third-order valence-electron chi connectivity index (χ3n) is 3.40. The largest absolute Gasteiger partial charge is 0.376 e. The zero-order chi connectivity index (χ0) is 15.0. The van der Waals surface area contributed by atoms with Crippen LogP contribution in [-0.2, 0) is 5.41 Å². The van der Waals surface area contributed by atoms with Gasteiger partial charge in [-0.25, -0.2) is 9.97 Å². The molecule has 3 rings (SSSR count). The van der Waals surface area contributed by atoms with Gasteiger partial charge in [0.1, 0.15) is 10.8 Å². The minimum atomic E-state index is 0.0286. The number of nitrogens with one attached hydrogen (secondary N) is 2. The van der Waals surface area contributed by atoms with E-state index in [1.807, 2.05) is 11.6 Å². The number of aromatic nitrogens is 3. The van der Waals surface area contributed by atoms with Crippen LogP contribution in [0.15, 0.2) is 29.8 Å². The number of hydrogen-bond acceptors (Lipinski definition) is 4. The zero-order valence-electron chi connectivity index (χ0n) is 12.8. The van der Waals surface area contributed by atoms with Crippen LogP contribution >= 0.6 is 11.3 Å². The van der Waals surface area contributed by atoms with Gasteiger partial charge in [0, 0.05) is 22.7 Å². The van der Waals surface area contributed by atoms with Crippen molar-refractivity contribution in [3.05, 3.63) is 40.6 Å². The van der Waals surface area contributed by atoms with Crippen LogP contribution in [0.3, 0.4) is 0 Å². The van der Waals surface area contributed by atoms with Crippen LogP contribution in [0.1, 0.15) is 44.6 Å². The Morgan fingerprint density at radius 2 is 2.10 bits per heavy atom. The number of nitrogens with zero attached hydrogens (tertiary/aromatic N) is 2. The van der Waals surface area contributed by atoms with Crippen molar-refractivity contribution in [2.24, 2.45) is 0 Å². The fourth-order valence-corrected chi connectivity index (χ4v) is 2.86. The molecule has 0 aliphatic heterocycles. The van der Waals surface area contributed by atoms with Gasteiger partial charge in [0.25, 0.3) is 0 Å². The molecule has 0 saturated carbocycles. The smallest absolute Gasteiger partial charge is 0.115 e. The van der Waals surface area contributed by atoms with Crippen LogP contribution in [-0.4, -0.2) is 15.0 Å². The third kappa shape index (κ3) is 2.93. The Hall–Kier alpha value is -1.88. The Kier molecular flexibility index (Phi) is 3.45. The van der Waals surface area contributed by atoms with Crippen LogP contribution in [0.2, 0.25) is 0 Å². The van der Waals surface area contributed by atoms with Crippen molar-refractivity contribution in [2.45, 2.75) is 39.2 Å². The molecule has 110 valence electrons. The summed E-state index contributed by atoms with van der Waals surface area (Å²) in [6.45, 7) is 8.60. The lowest BCUT2D eigenvalue weighted by Crippen LogP contribution is -2.12. The average molecular weight is 300 g/mol. The summed E-state index contributed by atoms with van der Waals surface area (Å²) in [4.78, 5) is 12.4. The van der Waals surface area contributed by atoms with Crippen LogP contribution in [0.25, 0.3) is 11.0 Å². The lowest BCUT2D eigenvalue weighted by molar-refractivity contribution is 0.554. The van der Waals surface area contributed by atoms with Crippen molar-refractivity contribution in [3.63, 3.8) is 0 Å². The summed E-state index contributed by atoms with van der Waals surface area (Å²) in [5.41, 5.74) is 3.18. The molecule has 0 bridgehead atoms. The Morgan fingerprint density at radius 3 is 2.76 bits per heavy atom. The molecule has 1 unspecified atom stereocenters. The first kappa shape index (κ1) is 14.1. The summed E-state index contributed by atoms with van der Waals surface area (Å²) in [6.07, 6.45) is 1.84. The molecule has 4 nitrogen and oxygen atoms in total. The quantitative estimate of drug-likeness (QED) is 0.749. The predicted octanol–water partition coefficient (Wildman–Crippen LogP) is 4.49. The maximum absolute atomic E-state index is 4.66. The Bertz CT molecular complexity index is 737. The van der Waals surface area contributed by atoms with Crippen LogP contribution in [0, 0.1) is 0 Å². The number of aromatic amines is 1.